The molecular formula is C14H18N4OS. The Morgan fingerprint density at radius 2 is 2.00 bits per heavy atom. The monoisotopic (exact) mass is 290 g/mol. The summed E-state index contributed by atoms with van der Waals surface area (Å²) in [6.45, 7) is 3.87. The van der Waals surface area contributed by atoms with Gasteiger partial charge >= 0.3 is 0 Å². The Balaban J connectivity index is 1.97. The van der Waals surface area contributed by atoms with Gasteiger partial charge in [0, 0.05) is 11.4 Å². The van der Waals surface area contributed by atoms with Gasteiger partial charge in [-0.3, -0.25) is 4.79 Å². The zero-order chi connectivity index (χ0) is 14.3. The second kappa shape index (κ2) is 5.01. The lowest BCUT2D eigenvalue weighted by molar-refractivity contribution is 0.0943. The van der Waals surface area contributed by atoms with Crippen molar-refractivity contribution in [2.24, 2.45) is 0 Å². The van der Waals surface area contributed by atoms with E-state index in [0.29, 0.717) is 16.6 Å². The topological polar surface area (TPSA) is 80.9 Å². The molecule has 1 saturated carbocycles. The lowest BCUT2D eigenvalue weighted by Crippen LogP contribution is -2.32. The molecule has 1 aliphatic rings. The van der Waals surface area contributed by atoms with Gasteiger partial charge in [-0.1, -0.05) is 12.8 Å². The molecule has 0 aliphatic heterocycles. The highest BCUT2D eigenvalue weighted by molar-refractivity contribution is 7.21. The van der Waals surface area contributed by atoms with Crippen molar-refractivity contribution in [1.82, 2.24) is 15.5 Å². The van der Waals surface area contributed by atoms with Gasteiger partial charge in [0.2, 0.25) is 0 Å². The number of amides is 1. The fraction of sp³-hybridized carbons (Fsp3) is 0.500. The first-order valence-corrected chi connectivity index (χ1v) is 7.72. The summed E-state index contributed by atoms with van der Waals surface area (Å²) in [4.78, 5) is 13.7. The Labute approximate surface area is 121 Å². The first-order valence-electron chi connectivity index (χ1n) is 6.90. The third kappa shape index (κ3) is 2.14. The molecule has 2 aromatic rings. The molecule has 0 saturated heterocycles. The fourth-order valence-corrected chi connectivity index (χ4v) is 3.73. The van der Waals surface area contributed by atoms with E-state index in [1.165, 1.54) is 24.2 Å². The number of carbonyl (C=O) groups is 1. The highest BCUT2D eigenvalue weighted by Gasteiger charge is 2.23. The molecule has 1 fully saturated rings. The van der Waals surface area contributed by atoms with E-state index in [1.54, 1.807) is 0 Å². The number of hydrogen-bond donors (Lipinski definition) is 2. The smallest absolute Gasteiger partial charge is 0.263 e. The second-order valence-electron chi connectivity index (χ2n) is 5.39. The number of nitrogens with one attached hydrogen (secondary N) is 1. The molecular weight excluding hydrogens is 272 g/mol. The van der Waals surface area contributed by atoms with Gasteiger partial charge in [-0.05, 0) is 32.3 Å². The van der Waals surface area contributed by atoms with Gasteiger partial charge in [0.1, 0.15) is 9.71 Å². The molecule has 0 spiro atoms. The van der Waals surface area contributed by atoms with E-state index in [1.807, 2.05) is 13.8 Å². The van der Waals surface area contributed by atoms with Crippen LogP contribution in [0.15, 0.2) is 0 Å². The van der Waals surface area contributed by atoms with Gasteiger partial charge in [-0.2, -0.15) is 5.10 Å². The minimum Gasteiger partial charge on any atom is -0.397 e. The lowest BCUT2D eigenvalue weighted by atomic mass is 10.1. The number of anilines is 1. The Morgan fingerprint density at radius 1 is 1.30 bits per heavy atom. The quantitative estimate of drug-likeness (QED) is 0.890. The molecule has 2 heterocycles. The summed E-state index contributed by atoms with van der Waals surface area (Å²) in [5.41, 5.74) is 8.56. The number of carbonyl (C=O) groups excluding carboxylic acids is 1. The molecule has 3 rings (SSSR count). The molecule has 0 radical (unpaired) electrons. The number of nitrogens with zero attached hydrogens (tertiary/aromatic N) is 2. The average Bonchev–Trinajstić information content (AvgIpc) is 3.02. The molecule has 106 valence electrons. The van der Waals surface area contributed by atoms with Crippen LogP contribution in [0.3, 0.4) is 0 Å². The molecule has 5 nitrogen and oxygen atoms in total. The SMILES string of the molecule is Cc1nnc2sc(C(=O)NC3CCCC3)c(N)c2c1C. The highest BCUT2D eigenvalue weighted by Crippen LogP contribution is 2.35. The van der Waals surface area contributed by atoms with Crippen molar-refractivity contribution in [2.75, 3.05) is 5.73 Å². The van der Waals surface area contributed by atoms with E-state index >= 15 is 0 Å². The van der Waals surface area contributed by atoms with Crippen molar-refractivity contribution in [2.45, 2.75) is 45.6 Å². The van der Waals surface area contributed by atoms with Crippen LogP contribution < -0.4 is 11.1 Å². The van der Waals surface area contributed by atoms with Crippen LogP contribution in [-0.2, 0) is 0 Å². The van der Waals surface area contributed by atoms with E-state index in [2.05, 4.69) is 15.5 Å². The van der Waals surface area contributed by atoms with E-state index in [0.717, 1.165) is 34.3 Å². The predicted molar refractivity (Wildman–Crippen MR) is 81.0 cm³/mol. The number of thiophene rings is 1. The van der Waals surface area contributed by atoms with Gasteiger partial charge in [0.15, 0.2) is 0 Å². The number of fused-ring (bicyclic) bond motifs is 1. The minimum absolute atomic E-state index is 0.0746. The number of aryl methyl sites for hydroxylation is 2. The van der Waals surface area contributed by atoms with Crippen molar-refractivity contribution in [3.05, 3.63) is 16.1 Å². The zero-order valence-corrected chi connectivity index (χ0v) is 12.5. The van der Waals surface area contributed by atoms with E-state index in [4.69, 9.17) is 5.73 Å². The molecule has 1 amide bonds. The van der Waals surface area contributed by atoms with Gasteiger partial charge in [-0.15, -0.1) is 16.4 Å². The molecule has 3 N–H and O–H groups in total. The maximum Gasteiger partial charge on any atom is 0.263 e. The van der Waals surface area contributed by atoms with Crippen LogP contribution in [0.5, 0.6) is 0 Å². The number of rotatable bonds is 2. The Bertz CT molecular complexity index is 673. The largest absolute Gasteiger partial charge is 0.397 e. The average molecular weight is 290 g/mol. The molecule has 20 heavy (non-hydrogen) atoms. The molecule has 0 unspecified atom stereocenters. The summed E-state index contributed by atoms with van der Waals surface area (Å²) in [6, 6.07) is 0.293. The Morgan fingerprint density at radius 3 is 2.70 bits per heavy atom. The van der Waals surface area contributed by atoms with E-state index in [-0.39, 0.29) is 5.91 Å². The number of nitrogen functional groups attached to an aromatic ring is 1. The van der Waals surface area contributed by atoms with Crippen LogP contribution >= 0.6 is 11.3 Å². The van der Waals surface area contributed by atoms with Crippen LogP contribution in [0.2, 0.25) is 0 Å². The minimum atomic E-state index is -0.0746. The maximum atomic E-state index is 12.4. The summed E-state index contributed by atoms with van der Waals surface area (Å²) >= 11 is 1.33. The first-order chi connectivity index (χ1) is 9.58. The summed E-state index contributed by atoms with van der Waals surface area (Å²) in [5.74, 6) is -0.0746. The zero-order valence-electron chi connectivity index (χ0n) is 11.7. The van der Waals surface area contributed by atoms with Crippen molar-refractivity contribution in [1.29, 1.82) is 0 Å². The summed E-state index contributed by atoms with van der Waals surface area (Å²) in [5, 5.41) is 12.2. The van der Waals surface area contributed by atoms with Crippen molar-refractivity contribution in [3.8, 4) is 0 Å². The normalized spacial score (nSPS) is 15.9. The first kappa shape index (κ1) is 13.3. The van der Waals surface area contributed by atoms with Crippen molar-refractivity contribution >= 4 is 33.1 Å². The van der Waals surface area contributed by atoms with Crippen LogP contribution in [-0.4, -0.2) is 22.1 Å². The van der Waals surface area contributed by atoms with Crippen LogP contribution in [0.25, 0.3) is 10.2 Å². The van der Waals surface area contributed by atoms with Gasteiger partial charge in [0.25, 0.3) is 5.91 Å². The van der Waals surface area contributed by atoms with Crippen LogP contribution in [0.4, 0.5) is 5.69 Å². The standard InChI is InChI=1S/C14H18N4OS/c1-7-8(2)17-18-14-10(7)11(15)12(20-14)13(19)16-9-5-3-4-6-9/h9H,3-6,15H2,1-2H3,(H,16,19). The molecule has 0 atom stereocenters. The van der Waals surface area contributed by atoms with Crippen LogP contribution in [0, 0.1) is 13.8 Å². The molecule has 0 bridgehead atoms. The third-order valence-electron chi connectivity index (χ3n) is 4.03. The third-order valence-corrected chi connectivity index (χ3v) is 5.12. The van der Waals surface area contributed by atoms with E-state index < -0.39 is 0 Å². The summed E-state index contributed by atoms with van der Waals surface area (Å²) in [6.07, 6.45) is 4.51. The molecule has 1 aliphatic carbocycles. The number of aromatic nitrogens is 2. The summed E-state index contributed by atoms with van der Waals surface area (Å²) in [7, 11) is 0. The van der Waals surface area contributed by atoms with Gasteiger partial charge in [-0.25, -0.2) is 0 Å². The highest BCUT2D eigenvalue weighted by atomic mass is 32.1. The fourth-order valence-electron chi connectivity index (χ4n) is 2.73. The number of hydrogen-bond acceptors (Lipinski definition) is 5. The van der Waals surface area contributed by atoms with Crippen molar-refractivity contribution < 1.29 is 4.79 Å². The summed E-state index contributed by atoms with van der Waals surface area (Å²) < 4.78 is 0. The van der Waals surface area contributed by atoms with Crippen LogP contribution in [0.1, 0.15) is 46.6 Å². The number of nitrogens with two attached hydrogens (primary N) is 1. The molecule has 6 heteroatoms. The predicted octanol–water partition coefficient (Wildman–Crippen LogP) is 2.56. The van der Waals surface area contributed by atoms with Gasteiger partial charge < -0.3 is 11.1 Å². The maximum absolute atomic E-state index is 12.4. The Hall–Kier alpha value is -1.69. The Kier molecular flexibility index (Phi) is 3.33. The van der Waals surface area contributed by atoms with E-state index in [9.17, 15) is 4.79 Å². The van der Waals surface area contributed by atoms with Gasteiger partial charge in [0.05, 0.1) is 11.4 Å². The second-order valence-corrected chi connectivity index (χ2v) is 6.39. The molecule has 2 aromatic heterocycles. The molecule has 0 aromatic carbocycles. The van der Waals surface area contributed by atoms with Crippen molar-refractivity contribution in [3.63, 3.8) is 0 Å². The lowest BCUT2D eigenvalue weighted by Gasteiger charge is -2.11.